The summed E-state index contributed by atoms with van der Waals surface area (Å²) in [5.41, 5.74) is 1.71. The molecular weight excluding hydrogens is 437 g/mol. The molecule has 0 aliphatic rings. The highest BCUT2D eigenvalue weighted by molar-refractivity contribution is 14.1. The highest BCUT2D eigenvalue weighted by Gasteiger charge is 2.11. The molecule has 2 rings (SSSR count). The highest BCUT2D eigenvalue weighted by Crippen LogP contribution is 2.12. The summed E-state index contributed by atoms with van der Waals surface area (Å²) in [5, 5.41) is 8.46. The Morgan fingerprint density at radius 2 is 1.83 bits per heavy atom. The van der Waals surface area contributed by atoms with E-state index in [1.165, 1.54) is 0 Å². The first-order chi connectivity index (χ1) is 11.5. The molecule has 0 saturated heterocycles. The number of thiocarbonyl (C=S) groups is 1. The van der Waals surface area contributed by atoms with Gasteiger partial charge in [-0.15, -0.1) is 0 Å². The second-order valence-electron chi connectivity index (χ2n) is 4.83. The van der Waals surface area contributed by atoms with E-state index in [4.69, 9.17) is 12.2 Å². The van der Waals surface area contributed by atoms with Gasteiger partial charge in [-0.2, -0.15) is 0 Å². The summed E-state index contributed by atoms with van der Waals surface area (Å²) in [7, 11) is 0. The smallest absolute Gasteiger partial charge is 0.258 e. The molecule has 0 aliphatic carbocycles. The molecule has 0 unspecified atom stereocenters. The van der Waals surface area contributed by atoms with Crippen LogP contribution in [0.25, 0.3) is 0 Å². The molecule has 2 aromatic rings. The summed E-state index contributed by atoms with van der Waals surface area (Å²) in [6, 6.07) is 14.1. The van der Waals surface area contributed by atoms with Crippen molar-refractivity contribution in [3.05, 3.63) is 63.2 Å². The van der Waals surface area contributed by atoms with Crippen LogP contribution in [0, 0.1) is 3.57 Å². The van der Waals surface area contributed by atoms with Gasteiger partial charge in [0, 0.05) is 21.4 Å². The fourth-order valence-corrected chi connectivity index (χ4v) is 2.82. The molecule has 2 amide bonds. The first kappa shape index (κ1) is 18.3. The summed E-state index contributed by atoms with van der Waals surface area (Å²) >= 11 is 7.27. The number of nitrogens with one attached hydrogen (secondary N) is 3. The van der Waals surface area contributed by atoms with Gasteiger partial charge in [0.05, 0.1) is 5.56 Å². The molecule has 24 heavy (non-hydrogen) atoms. The van der Waals surface area contributed by atoms with Crippen LogP contribution in [0.15, 0.2) is 48.5 Å². The zero-order valence-corrected chi connectivity index (χ0v) is 15.9. The van der Waals surface area contributed by atoms with E-state index >= 15 is 0 Å². The molecule has 0 atom stereocenters. The van der Waals surface area contributed by atoms with Crippen LogP contribution in [0.4, 0.5) is 5.69 Å². The van der Waals surface area contributed by atoms with Crippen LogP contribution in [0.1, 0.15) is 27.6 Å². The van der Waals surface area contributed by atoms with Crippen molar-refractivity contribution < 1.29 is 9.59 Å². The minimum absolute atomic E-state index is 0.157. The Morgan fingerprint density at radius 1 is 1.08 bits per heavy atom. The molecule has 0 aliphatic heterocycles. The monoisotopic (exact) mass is 453 g/mol. The van der Waals surface area contributed by atoms with Crippen molar-refractivity contribution in [3.63, 3.8) is 0 Å². The van der Waals surface area contributed by atoms with Crippen LogP contribution >= 0.6 is 34.8 Å². The second-order valence-corrected chi connectivity index (χ2v) is 6.40. The van der Waals surface area contributed by atoms with E-state index in [1.54, 1.807) is 36.4 Å². The first-order valence-electron chi connectivity index (χ1n) is 7.26. The van der Waals surface area contributed by atoms with E-state index in [1.807, 2.05) is 19.1 Å². The van der Waals surface area contributed by atoms with Crippen LogP contribution in [0.5, 0.6) is 0 Å². The van der Waals surface area contributed by atoms with E-state index < -0.39 is 0 Å². The molecule has 124 valence electrons. The quantitative estimate of drug-likeness (QED) is 0.492. The minimum Gasteiger partial charge on any atom is -0.352 e. The third-order valence-electron chi connectivity index (χ3n) is 3.07. The third kappa shape index (κ3) is 5.00. The normalized spacial score (nSPS) is 9.92. The molecule has 0 fully saturated rings. The van der Waals surface area contributed by atoms with Gasteiger partial charge in [0.25, 0.3) is 11.8 Å². The number of hydrogen-bond donors (Lipinski definition) is 3. The van der Waals surface area contributed by atoms with E-state index in [0.717, 1.165) is 3.57 Å². The van der Waals surface area contributed by atoms with Gasteiger partial charge in [-0.25, -0.2) is 0 Å². The van der Waals surface area contributed by atoms with E-state index in [-0.39, 0.29) is 16.9 Å². The van der Waals surface area contributed by atoms with E-state index in [2.05, 4.69) is 38.5 Å². The molecule has 0 saturated carbocycles. The predicted molar refractivity (Wildman–Crippen MR) is 107 cm³/mol. The molecule has 0 aromatic heterocycles. The van der Waals surface area contributed by atoms with Gasteiger partial charge in [0.2, 0.25) is 0 Å². The maximum Gasteiger partial charge on any atom is 0.258 e. The topological polar surface area (TPSA) is 70.2 Å². The second kappa shape index (κ2) is 8.74. The molecular formula is C17H16IN3O2S. The summed E-state index contributed by atoms with van der Waals surface area (Å²) in [6.45, 7) is 2.41. The van der Waals surface area contributed by atoms with Crippen molar-refractivity contribution in [1.82, 2.24) is 10.6 Å². The van der Waals surface area contributed by atoms with Gasteiger partial charge in [0.1, 0.15) is 0 Å². The fraction of sp³-hybridized carbons (Fsp3) is 0.118. The maximum atomic E-state index is 12.2. The lowest BCUT2D eigenvalue weighted by Gasteiger charge is -2.11. The van der Waals surface area contributed by atoms with Gasteiger partial charge in [-0.05, 0) is 72.1 Å². The summed E-state index contributed by atoms with van der Waals surface area (Å²) in [4.78, 5) is 24.1. The molecule has 0 bridgehead atoms. The van der Waals surface area contributed by atoms with Crippen LogP contribution < -0.4 is 16.0 Å². The Balaban J connectivity index is 2.02. The average molecular weight is 453 g/mol. The number of amides is 2. The van der Waals surface area contributed by atoms with Gasteiger partial charge >= 0.3 is 0 Å². The summed E-state index contributed by atoms with van der Waals surface area (Å²) in [5.74, 6) is -0.438. The Hall–Kier alpha value is -2.00. The number of halogens is 1. The van der Waals surface area contributed by atoms with Crippen molar-refractivity contribution in [2.75, 3.05) is 11.9 Å². The van der Waals surface area contributed by atoms with Gasteiger partial charge in [0.15, 0.2) is 5.11 Å². The molecule has 0 heterocycles. The van der Waals surface area contributed by atoms with Crippen molar-refractivity contribution >= 4 is 57.4 Å². The van der Waals surface area contributed by atoms with Crippen molar-refractivity contribution in [3.8, 4) is 0 Å². The predicted octanol–water partition coefficient (Wildman–Crippen LogP) is 3.17. The zero-order valence-electron chi connectivity index (χ0n) is 12.9. The Kier molecular flexibility index (Phi) is 6.68. The van der Waals surface area contributed by atoms with Gasteiger partial charge < -0.3 is 10.6 Å². The molecule has 0 radical (unpaired) electrons. The molecule has 2 aromatic carbocycles. The lowest BCUT2D eigenvalue weighted by Crippen LogP contribution is -2.34. The van der Waals surface area contributed by atoms with Crippen LogP contribution in [-0.2, 0) is 0 Å². The number of hydrogen-bond acceptors (Lipinski definition) is 3. The van der Waals surface area contributed by atoms with Crippen LogP contribution in [0.3, 0.4) is 0 Å². The number of carbonyl (C=O) groups excluding carboxylic acids is 2. The number of rotatable bonds is 4. The molecule has 7 heteroatoms. The van der Waals surface area contributed by atoms with Crippen molar-refractivity contribution in [2.24, 2.45) is 0 Å². The van der Waals surface area contributed by atoms with Crippen molar-refractivity contribution in [2.45, 2.75) is 6.92 Å². The zero-order chi connectivity index (χ0) is 17.5. The van der Waals surface area contributed by atoms with Crippen LogP contribution in [-0.4, -0.2) is 23.5 Å². The number of carbonyl (C=O) groups is 2. The third-order valence-corrected chi connectivity index (χ3v) is 4.21. The molecule has 5 nitrogen and oxygen atoms in total. The SMILES string of the molecule is CCNC(=O)c1cccc(NC(=S)NC(=O)c2ccccc2I)c1. The minimum atomic E-state index is -0.280. The van der Waals surface area contributed by atoms with Gasteiger partial charge in [-0.3, -0.25) is 14.9 Å². The molecule has 0 spiro atoms. The molecule has 3 N–H and O–H groups in total. The lowest BCUT2D eigenvalue weighted by atomic mass is 10.2. The summed E-state index contributed by atoms with van der Waals surface area (Å²) in [6.07, 6.45) is 0. The largest absolute Gasteiger partial charge is 0.352 e. The van der Waals surface area contributed by atoms with Crippen molar-refractivity contribution in [1.29, 1.82) is 0 Å². The fourth-order valence-electron chi connectivity index (χ4n) is 1.98. The Bertz CT molecular complexity index is 780. The van der Waals surface area contributed by atoms with Crippen LogP contribution in [0.2, 0.25) is 0 Å². The maximum absolute atomic E-state index is 12.2. The van der Waals surface area contributed by atoms with Gasteiger partial charge in [-0.1, -0.05) is 18.2 Å². The van der Waals surface area contributed by atoms with E-state index in [0.29, 0.717) is 23.4 Å². The Labute approximate surface area is 159 Å². The summed E-state index contributed by atoms with van der Waals surface area (Å²) < 4.78 is 0.841. The van der Waals surface area contributed by atoms with E-state index in [9.17, 15) is 9.59 Å². The standard InChI is InChI=1S/C17H16IN3O2S/c1-2-19-15(22)11-6-5-7-12(10-11)20-17(24)21-16(23)13-8-3-4-9-14(13)18/h3-10H,2H2,1H3,(H,19,22)(H2,20,21,23,24). The average Bonchev–Trinajstić information content (AvgIpc) is 2.55. The highest BCUT2D eigenvalue weighted by atomic mass is 127. The first-order valence-corrected chi connectivity index (χ1v) is 8.75. The number of anilines is 1. The Morgan fingerprint density at radius 3 is 2.54 bits per heavy atom. The lowest BCUT2D eigenvalue weighted by molar-refractivity contribution is 0.0953. The number of benzene rings is 2.